The molecule has 6 nitrogen and oxygen atoms in total. The van der Waals surface area contributed by atoms with Crippen LogP contribution >= 0.6 is 0 Å². The SMILES string of the molecule is CCCNC(=O)C1CCCN(S(=O)(=O)CC2(C)CCOCC2)C1. The average Bonchev–Trinajstić information content (AvgIpc) is 2.52. The first-order valence-corrected chi connectivity index (χ1v) is 10.3. The highest BCUT2D eigenvalue weighted by Gasteiger charge is 2.38. The zero-order chi connectivity index (χ0) is 16.9. The molecule has 0 spiro atoms. The second-order valence-corrected chi connectivity index (χ2v) is 9.14. The maximum atomic E-state index is 12.8. The molecule has 0 aliphatic carbocycles. The number of carbonyl (C=O) groups is 1. The monoisotopic (exact) mass is 346 g/mol. The van der Waals surface area contributed by atoms with E-state index in [0.29, 0.717) is 32.8 Å². The molecular weight excluding hydrogens is 316 g/mol. The fourth-order valence-corrected chi connectivity index (χ4v) is 5.51. The Kier molecular flexibility index (Phi) is 6.45. The van der Waals surface area contributed by atoms with Crippen molar-refractivity contribution in [2.45, 2.75) is 46.0 Å². The standard InChI is InChI=1S/C16H30N2O4S/c1-3-8-17-15(19)14-5-4-9-18(12-14)23(20,21)13-16(2)6-10-22-11-7-16/h14H,3-13H2,1-2H3,(H,17,19). The lowest BCUT2D eigenvalue weighted by atomic mass is 9.85. The fraction of sp³-hybridized carbons (Fsp3) is 0.938. The summed E-state index contributed by atoms with van der Waals surface area (Å²) in [5, 5.41) is 2.89. The van der Waals surface area contributed by atoms with Crippen molar-refractivity contribution in [1.82, 2.24) is 9.62 Å². The summed E-state index contributed by atoms with van der Waals surface area (Å²) in [5.41, 5.74) is -0.214. The van der Waals surface area contributed by atoms with Crippen molar-refractivity contribution in [2.24, 2.45) is 11.3 Å². The first-order valence-electron chi connectivity index (χ1n) is 8.70. The molecule has 1 N–H and O–H groups in total. The van der Waals surface area contributed by atoms with Crippen LogP contribution in [0.25, 0.3) is 0 Å². The van der Waals surface area contributed by atoms with Crippen LogP contribution in [-0.4, -0.2) is 57.2 Å². The molecule has 0 aromatic carbocycles. The quantitative estimate of drug-likeness (QED) is 0.788. The van der Waals surface area contributed by atoms with Gasteiger partial charge in [0.1, 0.15) is 0 Å². The van der Waals surface area contributed by atoms with Gasteiger partial charge in [0.05, 0.1) is 11.7 Å². The zero-order valence-electron chi connectivity index (χ0n) is 14.3. The molecule has 1 unspecified atom stereocenters. The molecule has 2 aliphatic rings. The third-order valence-electron chi connectivity index (χ3n) is 4.93. The summed E-state index contributed by atoms with van der Waals surface area (Å²) in [4.78, 5) is 12.1. The maximum absolute atomic E-state index is 12.8. The van der Waals surface area contributed by atoms with Crippen LogP contribution in [0.5, 0.6) is 0 Å². The minimum atomic E-state index is -3.33. The molecule has 1 atom stereocenters. The van der Waals surface area contributed by atoms with Gasteiger partial charge in [-0.3, -0.25) is 4.79 Å². The van der Waals surface area contributed by atoms with E-state index >= 15 is 0 Å². The van der Waals surface area contributed by atoms with E-state index in [1.807, 2.05) is 13.8 Å². The predicted octanol–water partition coefficient (Wildman–Crippen LogP) is 1.37. The van der Waals surface area contributed by atoms with E-state index < -0.39 is 10.0 Å². The van der Waals surface area contributed by atoms with Crippen molar-refractivity contribution in [3.63, 3.8) is 0 Å². The Balaban J connectivity index is 1.97. The molecule has 2 aliphatic heterocycles. The van der Waals surface area contributed by atoms with E-state index in [4.69, 9.17) is 4.74 Å². The third kappa shape index (κ3) is 5.16. The van der Waals surface area contributed by atoms with Crippen LogP contribution in [0, 0.1) is 11.3 Å². The first kappa shape index (κ1) is 18.7. The van der Waals surface area contributed by atoms with Gasteiger partial charge in [-0.2, -0.15) is 0 Å². The van der Waals surface area contributed by atoms with Crippen LogP contribution in [0.3, 0.4) is 0 Å². The Morgan fingerprint density at radius 1 is 1.35 bits per heavy atom. The van der Waals surface area contributed by atoms with Gasteiger partial charge in [-0.25, -0.2) is 12.7 Å². The van der Waals surface area contributed by atoms with E-state index in [2.05, 4.69) is 5.32 Å². The van der Waals surface area contributed by atoms with Gasteiger partial charge in [0.2, 0.25) is 15.9 Å². The Morgan fingerprint density at radius 2 is 2.04 bits per heavy atom. The number of hydrogen-bond acceptors (Lipinski definition) is 4. The second-order valence-electron chi connectivity index (χ2n) is 7.17. The average molecular weight is 346 g/mol. The molecule has 23 heavy (non-hydrogen) atoms. The minimum absolute atomic E-state index is 0.0102. The zero-order valence-corrected chi connectivity index (χ0v) is 15.2. The highest BCUT2D eigenvalue weighted by Crippen LogP contribution is 2.33. The Labute approximate surface area is 140 Å². The van der Waals surface area contributed by atoms with Gasteiger partial charge in [0, 0.05) is 32.8 Å². The topological polar surface area (TPSA) is 75.7 Å². The van der Waals surface area contributed by atoms with E-state index in [1.165, 1.54) is 4.31 Å². The fourth-order valence-electron chi connectivity index (χ4n) is 3.34. The van der Waals surface area contributed by atoms with Gasteiger partial charge in [-0.05, 0) is 37.5 Å². The molecule has 2 fully saturated rings. The summed E-state index contributed by atoms with van der Waals surface area (Å²) < 4.78 is 32.5. The lowest BCUT2D eigenvalue weighted by molar-refractivity contribution is -0.126. The number of carbonyl (C=O) groups excluding carboxylic acids is 1. The summed E-state index contributed by atoms with van der Waals surface area (Å²) in [5.74, 6) is -0.0660. The third-order valence-corrected chi connectivity index (χ3v) is 7.11. The number of nitrogens with zero attached hydrogens (tertiary/aromatic N) is 1. The van der Waals surface area contributed by atoms with Crippen molar-refractivity contribution in [3.8, 4) is 0 Å². The summed E-state index contributed by atoms with van der Waals surface area (Å²) in [7, 11) is -3.33. The van der Waals surface area contributed by atoms with E-state index in [1.54, 1.807) is 0 Å². The summed E-state index contributed by atoms with van der Waals surface area (Å²) in [6.07, 6.45) is 3.97. The second kappa shape index (κ2) is 7.94. The van der Waals surface area contributed by atoms with Crippen LogP contribution in [0.1, 0.15) is 46.0 Å². The molecule has 2 rings (SSSR count). The number of hydrogen-bond donors (Lipinski definition) is 1. The van der Waals surface area contributed by atoms with E-state index in [9.17, 15) is 13.2 Å². The first-order chi connectivity index (χ1) is 10.9. The summed E-state index contributed by atoms with van der Waals surface area (Å²) in [6, 6.07) is 0. The molecule has 0 bridgehead atoms. The Bertz CT molecular complexity index is 500. The molecule has 134 valence electrons. The van der Waals surface area contributed by atoms with E-state index in [0.717, 1.165) is 32.1 Å². The molecule has 0 saturated carbocycles. The molecule has 0 radical (unpaired) electrons. The molecule has 2 heterocycles. The smallest absolute Gasteiger partial charge is 0.224 e. The van der Waals surface area contributed by atoms with Crippen molar-refractivity contribution in [3.05, 3.63) is 0 Å². The number of rotatable bonds is 6. The van der Waals surface area contributed by atoms with Crippen molar-refractivity contribution >= 4 is 15.9 Å². The number of sulfonamides is 1. The van der Waals surface area contributed by atoms with Gasteiger partial charge < -0.3 is 10.1 Å². The highest BCUT2D eigenvalue weighted by atomic mass is 32.2. The normalized spacial score (nSPS) is 25.9. The number of piperidine rings is 1. The van der Waals surface area contributed by atoms with E-state index in [-0.39, 0.29) is 23.0 Å². The summed E-state index contributed by atoms with van der Waals surface area (Å²) >= 11 is 0. The molecular formula is C16H30N2O4S. The highest BCUT2D eigenvalue weighted by molar-refractivity contribution is 7.89. The number of ether oxygens (including phenoxy) is 1. The van der Waals surface area contributed by atoms with Crippen LogP contribution in [0.15, 0.2) is 0 Å². The predicted molar refractivity (Wildman–Crippen MR) is 89.5 cm³/mol. The van der Waals surface area contributed by atoms with Crippen molar-refractivity contribution < 1.29 is 17.9 Å². The van der Waals surface area contributed by atoms with Gasteiger partial charge >= 0.3 is 0 Å². The van der Waals surface area contributed by atoms with Crippen LogP contribution in [0.4, 0.5) is 0 Å². The van der Waals surface area contributed by atoms with Gasteiger partial charge in [-0.1, -0.05) is 13.8 Å². The largest absolute Gasteiger partial charge is 0.381 e. The van der Waals surface area contributed by atoms with Crippen molar-refractivity contribution in [2.75, 3.05) is 38.6 Å². The lowest BCUT2D eigenvalue weighted by Gasteiger charge is -2.37. The molecule has 7 heteroatoms. The molecule has 2 saturated heterocycles. The molecule has 0 aromatic rings. The molecule has 1 amide bonds. The van der Waals surface area contributed by atoms with Gasteiger partial charge in [-0.15, -0.1) is 0 Å². The molecule has 0 aromatic heterocycles. The van der Waals surface area contributed by atoms with Crippen LogP contribution in [-0.2, 0) is 19.6 Å². The maximum Gasteiger partial charge on any atom is 0.224 e. The van der Waals surface area contributed by atoms with Crippen LogP contribution < -0.4 is 5.32 Å². The Morgan fingerprint density at radius 3 is 2.70 bits per heavy atom. The van der Waals surface area contributed by atoms with Crippen LogP contribution in [0.2, 0.25) is 0 Å². The Hall–Kier alpha value is -0.660. The minimum Gasteiger partial charge on any atom is -0.381 e. The van der Waals surface area contributed by atoms with Gasteiger partial charge in [0.25, 0.3) is 0 Å². The number of amides is 1. The van der Waals surface area contributed by atoms with Gasteiger partial charge in [0.15, 0.2) is 0 Å². The lowest BCUT2D eigenvalue weighted by Crippen LogP contribution is -2.48. The van der Waals surface area contributed by atoms with Crippen molar-refractivity contribution in [1.29, 1.82) is 0 Å². The summed E-state index contributed by atoms with van der Waals surface area (Å²) in [6.45, 7) is 6.81. The number of nitrogens with one attached hydrogen (secondary N) is 1.